The third kappa shape index (κ3) is 4.48. The first-order valence-electron chi connectivity index (χ1n) is 8.28. The molecular weight excluding hydrogens is 377 g/mol. The number of hydrogen-bond acceptors (Lipinski definition) is 3. The van der Waals surface area contributed by atoms with Gasteiger partial charge in [0.05, 0.1) is 10.6 Å². The molecule has 4 nitrogen and oxygen atoms in total. The number of alkyl halides is 3. The van der Waals surface area contributed by atoms with E-state index >= 15 is 0 Å². The maximum Gasteiger partial charge on any atom is 0.416 e. The van der Waals surface area contributed by atoms with E-state index in [1.165, 1.54) is 17.1 Å². The van der Waals surface area contributed by atoms with Gasteiger partial charge in [-0.05, 0) is 56.3 Å². The molecule has 0 aromatic heterocycles. The minimum absolute atomic E-state index is 0.193. The molecule has 1 aromatic carbocycles. The van der Waals surface area contributed by atoms with Gasteiger partial charge in [-0.25, -0.2) is 8.42 Å². The highest BCUT2D eigenvalue weighted by atomic mass is 35.5. The van der Waals surface area contributed by atoms with E-state index in [-0.39, 0.29) is 24.2 Å². The normalized spacial score (nSPS) is 20.8. The third-order valence-electron chi connectivity index (χ3n) is 4.72. The van der Waals surface area contributed by atoms with E-state index in [0.29, 0.717) is 18.9 Å². The fourth-order valence-corrected chi connectivity index (χ4v) is 4.94. The summed E-state index contributed by atoms with van der Waals surface area (Å²) in [5, 5.41) is 3.25. The van der Waals surface area contributed by atoms with E-state index in [1.807, 2.05) is 0 Å². The molecule has 0 amide bonds. The molecule has 9 heteroatoms. The molecule has 0 spiro atoms. The van der Waals surface area contributed by atoms with Crippen LogP contribution in [0.2, 0.25) is 5.02 Å². The number of sulfonamides is 1. The number of piperidine rings is 1. The van der Waals surface area contributed by atoms with E-state index in [0.717, 1.165) is 24.6 Å². The number of halogens is 4. The second-order valence-corrected chi connectivity index (χ2v) is 8.99. The molecule has 1 heterocycles. The van der Waals surface area contributed by atoms with Gasteiger partial charge < -0.3 is 5.32 Å². The SMILES string of the molecule is O=S(=O)(c1cc(C(F)(F)F)ccc1Cl)N1CCC(NCC2CC2)CC1. The highest BCUT2D eigenvalue weighted by Gasteiger charge is 2.35. The molecule has 0 atom stereocenters. The lowest BCUT2D eigenvalue weighted by Gasteiger charge is -2.32. The Morgan fingerprint density at radius 3 is 2.36 bits per heavy atom. The molecule has 0 radical (unpaired) electrons. The Balaban J connectivity index is 1.71. The molecule has 1 N–H and O–H groups in total. The standard InChI is InChI=1S/C16H20ClF3N2O2S/c17-14-4-3-12(16(18,19)20)9-15(14)25(23,24)22-7-5-13(6-8-22)21-10-11-1-2-11/h3-4,9,11,13,21H,1-2,5-8,10H2. The summed E-state index contributed by atoms with van der Waals surface area (Å²) in [6.45, 7) is 1.51. The predicted molar refractivity (Wildman–Crippen MR) is 89.0 cm³/mol. The summed E-state index contributed by atoms with van der Waals surface area (Å²) in [5.74, 6) is 0.741. The van der Waals surface area contributed by atoms with Crippen LogP contribution in [0.15, 0.2) is 23.1 Å². The first kappa shape index (κ1) is 18.9. The zero-order chi connectivity index (χ0) is 18.2. The summed E-state index contributed by atoms with van der Waals surface area (Å²) in [5.41, 5.74) is -1.02. The van der Waals surface area contributed by atoms with Crippen molar-refractivity contribution in [1.29, 1.82) is 0 Å². The zero-order valence-electron chi connectivity index (χ0n) is 13.5. The van der Waals surface area contributed by atoms with E-state index in [2.05, 4.69) is 5.32 Å². The van der Waals surface area contributed by atoms with E-state index < -0.39 is 26.7 Å². The van der Waals surface area contributed by atoms with Gasteiger partial charge in [-0.2, -0.15) is 17.5 Å². The average molecular weight is 397 g/mol. The summed E-state index contributed by atoms with van der Waals surface area (Å²) < 4.78 is 65.3. The van der Waals surface area contributed by atoms with Crippen molar-refractivity contribution in [3.8, 4) is 0 Å². The fraction of sp³-hybridized carbons (Fsp3) is 0.625. The van der Waals surface area contributed by atoms with Crippen LogP contribution in [0.3, 0.4) is 0 Å². The first-order valence-corrected chi connectivity index (χ1v) is 10.1. The van der Waals surface area contributed by atoms with Gasteiger partial charge in [0.25, 0.3) is 0 Å². The molecule has 2 aliphatic rings. The van der Waals surface area contributed by atoms with Gasteiger partial charge in [0, 0.05) is 19.1 Å². The van der Waals surface area contributed by atoms with Crippen LogP contribution in [0, 0.1) is 5.92 Å². The first-order chi connectivity index (χ1) is 11.7. The molecule has 1 aromatic rings. The number of nitrogens with one attached hydrogen (secondary N) is 1. The van der Waals surface area contributed by atoms with Crippen molar-refractivity contribution in [3.05, 3.63) is 28.8 Å². The van der Waals surface area contributed by atoms with Crippen molar-refractivity contribution in [2.45, 2.75) is 42.8 Å². The largest absolute Gasteiger partial charge is 0.416 e. The number of hydrogen-bond donors (Lipinski definition) is 1. The summed E-state index contributed by atoms with van der Waals surface area (Å²) in [6, 6.07) is 2.65. The molecule has 25 heavy (non-hydrogen) atoms. The maximum absolute atomic E-state index is 12.9. The molecule has 2 fully saturated rings. The highest BCUT2D eigenvalue weighted by molar-refractivity contribution is 7.89. The van der Waals surface area contributed by atoms with Crippen molar-refractivity contribution in [1.82, 2.24) is 9.62 Å². The summed E-state index contributed by atoms with van der Waals surface area (Å²) in [7, 11) is -4.04. The summed E-state index contributed by atoms with van der Waals surface area (Å²) in [4.78, 5) is -0.478. The molecule has 1 aliphatic heterocycles. The minimum Gasteiger partial charge on any atom is -0.314 e. The van der Waals surface area contributed by atoms with Crippen molar-refractivity contribution in [2.24, 2.45) is 5.92 Å². The van der Waals surface area contributed by atoms with Gasteiger partial charge in [-0.15, -0.1) is 0 Å². The van der Waals surface area contributed by atoms with Crippen LogP contribution >= 0.6 is 11.6 Å². The van der Waals surface area contributed by atoms with Gasteiger partial charge in [0.1, 0.15) is 4.90 Å². The van der Waals surface area contributed by atoms with Crippen molar-refractivity contribution >= 4 is 21.6 Å². The zero-order valence-corrected chi connectivity index (χ0v) is 15.1. The van der Waals surface area contributed by atoms with Crippen LogP contribution in [0.25, 0.3) is 0 Å². The van der Waals surface area contributed by atoms with Crippen molar-refractivity contribution in [3.63, 3.8) is 0 Å². The van der Waals surface area contributed by atoms with Crippen molar-refractivity contribution < 1.29 is 21.6 Å². The van der Waals surface area contributed by atoms with E-state index in [1.54, 1.807) is 0 Å². The Bertz CT molecular complexity index is 727. The lowest BCUT2D eigenvalue weighted by atomic mass is 10.1. The van der Waals surface area contributed by atoms with Gasteiger partial charge in [-0.3, -0.25) is 0 Å². The quantitative estimate of drug-likeness (QED) is 0.828. The van der Waals surface area contributed by atoms with Crippen LogP contribution in [-0.4, -0.2) is 38.4 Å². The average Bonchev–Trinajstić information content (AvgIpc) is 3.37. The van der Waals surface area contributed by atoms with E-state index in [9.17, 15) is 21.6 Å². The van der Waals surface area contributed by atoms with Crippen LogP contribution in [-0.2, 0) is 16.2 Å². The topological polar surface area (TPSA) is 49.4 Å². The Kier molecular flexibility index (Phi) is 5.35. The van der Waals surface area contributed by atoms with Crippen LogP contribution in [0.1, 0.15) is 31.2 Å². The molecule has 0 unspecified atom stereocenters. The number of rotatable bonds is 5. The van der Waals surface area contributed by atoms with E-state index in [4.69, 9.17) is 11.6 Å². The van der Waals surface area contributed by atoms with Gasteiger partial charge in [0.2, 0.25) is 10.0 Å². The third-order valence-corrected chi connectivity index (χ3v) is 7.10. The Morgan fingerprint density at radius 2 is 1.80 bits per heavy atom. The van der Waals surface area contributed by atoms with Crippen LogP contribution < -0.4 is 5.32 Å². The highest BCUT2D eigenvalue weighted by Crippen LogP contribution is 2.35. The second kappa shape index (κ2) is 7.06. The molecule has 0 bridgehead atoms. The van der Waals surface area contributed by atoms with Crippen LogP contribution in [0.5, 0.6) is 0 Å². The molecule has 1 saturated carbocycles. The van der Waals surface area contributed by atoms with Crippen LogP contribution in [0.4, 0.5) is 13.2 Å². The maximum atomic E-state index is 12.9. The number of benzene rings is 1. The lowest BCUT2D eigenvalue weighted by Crippen LogP contribution is -2.45. The summed E-state index contributed by atoms with van der Waals surface area (Å²) >= 11 is 5.88. The summed E-state index contributed by atoms with van der Waals surface area (Å²) in [6.07, 6.45) is -0.845. The molecular formula is C16H20ClF3N2O2S. The Labute approximate surface area is 150 Å². The predicted octanol–water partition coefficient (Wildman–Crippen LogP) is 3.51. The Hall–Kier alpha value is -0.830. The molecule has 1 saturated heterocycles. The van der Waals surface area contributed by atoms with Gasteiger partial charge in [-0.1, -0.05) is 11.6 Å². The molecule has 140 valence electrons. The second-order valence-electron chi connectivity index (χ2n) is 6.67. The smallest absolute Gasteiger partial charge is 0.314 e. The monoisotopic (exact) mass is 396 g/mol. The lowest BCUT2D eigenvalue weighted by molar-refractivity contribution is -0.137. The van der Waals surface area contributed by atoms with Crippen molar-refractivity contribution in [2.75, 3.05) is 19.6 Å². The fourth-order valence-electron chi connectivity index (χ4n) is 2.97. The molecule has 1 aliphatic carbocycles. The minimum atomic E-state index is -4.62. The van der Waals surface area contributed by atoms with Gasteiger partial charge >= 0.3 is 6.18 Å². The Morgan fingerprint density at radius 1 is 1.16 bits per heavy atom. The number of nitrogens with zero attached hydrogens (tertiary/aromatic N) is 1. The van der Waals surface area contributed by atoms with Gasteiger partial charge in [0.15, 0.2) is 0 Å². The molecule has 3 rings (SSSR count).